The normalized spacial score (nSPS) is 9.89. The molecule has 0 amide bonds. The van der Waals surface area contributed by atoms with Gasteiger partial charge in [-0.25, -0.2) is 4.98 Å². The van der Waals surface area contributed by atoms with Crippen molar-refractivity contribution in [2.45, 2.75) is 6.61 Å². The number of anilines is 1. The summed E-state index contributed by atoms with van der Waals surface area (Å²) in [6.45, 7) is 0.373. The highest BCUT2D eigenvalue weighted by molar-refractivity contribution is 5.53. The van der Waals surface area contributed by atoms with Crippen molar-refractivity contribution in [3.63, 3.8) is 0 Å². The second kappa shape index (κ2) is 5.86. The molecule has 2 rings (SSSR count). The monoisotopic (exact) mass is 245 g/mol. The van der Waals surface area contributed by atoms with Crippen molar-refractivity contribution in [3.05, 3.63) is 42.4 Å². The van der Waals surface area contributed by atoms with E-state index in [0.717, 1.165) is 11.4 Å². The summed E-state index contributed by atoms with van der Waals surface area (Å²) in [7, 11) is 3.43. The Morgan fingerprint density at radius 3 is 2.94 bits per heavy atom. The summed E-state index contributed by atoms with van der Waals surface area (Å²) in [5.74, 6) is 1.28. The Kier molecular flexibility index (Phi) is 3.96. The topological polar surface area (TPSA) is 56.3 Å². The first kappa shape index (κ1) is 12.2. The fourth-order valence-electron chi connectivity index (χ4n) is 1.50. The van der Waals surface area contributed by atoms with Gasteiger partial charge in [0.05, 0.1) is 24.7 Å². The van der Waals surface area contributed by atoms with E-state index >= 15 is 0 Å². The number of ether oxygens (including phenoxy) is 2. The number of rotatable bonds is 5. The maximum absolute atomic E-state index is 5.67. The number of aromatic nitrogens is 2. The lowest BCUT2D eigenvalue weighted by molar-refractivity contribution is 0.298. The zero-order valence-electron chi connectivity index (χ0n) is 10.4. The largest absolute Gasteiger partial charge is 0.483 e. The molecule has 0 spiro atoms. The molecule has 0 aromatic carbocycles. The average Bonchev–Trinajstić information content (AvgIpc) is 2.45. The predicted molar refractivity (Wildman–Crippen MR) is 68.9 cm³/mol. The van der Waals surface area contributed by atoms with Crippen LogP contribution in [0.2, 0.25) is 0 Å². The fourth-order valence-corrected chi connectivity index (χ4v) is 1.50. The SMILES string of the molecule is CNc1ccncc1OCc1cccc(OC)n1. The van der Waals surface area contributed by atoms with Crippen molar-refractivity contribution in [3.8, 4) is 11.6 Å². The van der Waals surface area contributed by atoms with E-state index in [4.69, 9.17) is 9.47 Å². The third-order valence-corrected chi connectivity index (χ3v) is 2.42. The Bertz CT molecular complexity index is 517. The van der Waals surface area contributed by atoms with Crippen molar-refractivity contribution >= 4 is 5.69 Å². The number of nitrogens with one attached hydrogen (secondary N) is 1. The number of hydrogen-bond donors (Lipinski definition) is 1. The van der Waals surface area contributed by atoms with Gasteiger partial charge in [-0.15, -0.1) is 0 Å². The lowest BCUT2D eigenvalue weighted by atomic mass is 10.3. The first-order chi connectivity index (χ1) is 8.83. The van der Waals surface area contributed by atoms with E-state index in [1.807, 2.05) is 25.2 Å². The summed E-state index contributed by atoms with van der Waals surface area (Å²) in [5, 5.41) is 3.04. The van der Waals surface area contributed by atoms with E-state index in [0.29, 0.717) is 18.2 Å². The molecule has 5 heteroatoms. The molecule has 2 aromatic rings. The van der Waals surface area contributed by atoms with Crippen LogP contribution >= 0.6 is 0 Å². The van der Waals surface area contributed by atoms with Gasteiger partial charge in [-0.2, -0.15) is 0 Å². The molecule has 0 bridgehead atoms. The van der Waals surface area contributed by atoms with Gasteiger partial charge < -0.3 is 14.8 Å². The number of hydrogen-bond acceptors (Lipinski definition) is 5. The predicted octanol–water partition coefficient (Wildman–Crippen LogP) is 2.11. The van der Waals surface area contributed by atoms with Crippen LogP contribution in [0, 0.1) is 0 Å². The zero-order chi connectivity index (χ0) is 12.8. The zero-order valence-corrected chi connectivity index (χ0v) is 10.4. The van der Waals surface area contributed by atoms with Gasteiger partial charge in [0.25, 0.3) is 0 Å². The van der Waals surface area contributed by atoms with Gasteiger partial charge in [-0.1, -0.05) is 6.07 Å². The molecule has 0 aliphatic heterocycles. The van der Waals surface area contributed by atoms with Crippen LogP contribution in [0.1, 0.15) is 5.69 Å². The Morgan fingerprint density at radius 1 is 1.28 bits per heavy atom. The molecule has 0 saturated carbocycles. The Morgan fingerprint density at radius 2 is 2.17 bits per heavy atom. The van der Waals surface area contributed by atoms with Crippen LogP contribution in [-0.4, -0.2) is 24.1 Å². The third-order valence-electron chi connectivity index (χ3n) is 2.42. The van der Waals surface area contributed by atoms with Crippen LogP contribution in [0.4, 0.5) is 5.69 Å². The summed E-state index contributed by atoms with van der Waals surface area (Å²) in [4.78, 5) is 8.30. The molecule has 1 N–H and O–H groups in total. The van der Waals surface area contributed by atoms with Gasteiger partial charge in [0.2, 0.25) is 5.88 Å². The highest BCUT2D eigenvalue weighted by Gasteiger charge is 2.03. The molecule has 0 atom stereocenters. The summed E-state index contributed by atoms with van der Waals surface area (Å²) in [6, 6.07) is 7.42. The van der Waals surface area contributed by atoms with Gasteiger partial charge in [-0.05, 0) is 12.1 Å². The van der Waals surface area contributed by atoms with Crippen LogP contribution in [-0.2, 0) is 6.61 Å². The van der Waals surface area contributed by atoms with Crippen molar-refractivity contribution < 1.29 is 9.47 Å². The van der Waals surface area contributed by atoms with Gasteiger partial charge in [-0.3, -0.25) is 4.98 Å². The summed E-state index contributed by atoms with van der Waals surface area (Å²) < 4.78 is 10.7. The Balaban J connectivity index is 2.06. The lowest BCUT2D eigenvalue weighted by Crippen LogP contribution is -2.02. The van der Waals surface area contributed by atoms with Crippen LogP contribution in [0.3, 0.4) is 0 Å². The second-order valence-corrected chi connectivity index (χ2v) is 3.58. The minimum absolute atomic E-state index is 0.373. The highest BCUT2D eigenvalue weighted by atomic mass is 16.5. The van der Waals surface area contributed by atoms with Crippen LogP contribution in [0.25, 0.3) is 0 Å². The number of nitrogens with zero attached hydrogens (tertiary/aromatic N) is 2. The lowest BCUT2D eigenvalue weighted by Gasteiger charge is -2.10. The van der Waals surface area contributed by atoms with Gasteiger partial charge in [0.1, 0.15) is 6.61 Å². The first-order valence-corrected chi connectivity index (χ1v) is 5.58. The van der Waals surface area contributed by atoms with Crippen LogP contribution in [0.5, 0.6) is 11.6 Å². The van der Waals surface area contributed by atoms with Crippen molar-refractivity contribution in [1.82, 2.24) is 9.97 Å². The van der Waals surface area contributed by atoms with E-state index in [2.05, 4.69) is 15.3 Å². The van der Waals surface area contributed by atoms with Gasteiger partial charge >= 0.3 is 0 Å². The summed E-state index contributed by atoms with van der Waals surface area (Å²) in [6.07, 6.45) is 3.38. The van der Waals surface area contributed by atoms with Crippen LogP contribution < -0.4 is 14.8 Å². The van der Waals surface area contributed by atoms with E-state index in [1.165, 1.54) is 0 Å². The summed E-state index contributed by atoms with van der Waals surface area (Å²) >= 11 is 0. The minimum atomic E-state index is 0.373. The molecule has 0 fully saturated rings. The first-order valence-electron chi connectivity index (χ1n) is 5.58. The number of methoxy groups -OCH3 is 1. The van der Waals surface area contributed by atoms with E-state index < -0.39 is 0 Å². The molecular formula is C13H15N3O2. The maximum atomic E-state index is 5.67. The molecule has 0 saturated heterocycles. The molecule has 2 aromatic heterocycles. The van der Waals surface area contributed by atoms with Crippen molar-refractivity contribution in [2.24, 2.45) is 0 Å². The molecule has 2 heterocycles. The molecule has 0 radical (unpaired) electrons. The maximum Gasteiger partial charge on any atom is 0.213 e. The smallest absolute Gasteiger partial charge is 0.213 e. The molecule has 94 valence electrons. The fraction of sp³-hybridized carbons (Fsp3) is 0.231. The molecule has 5 nitrogen and oxygen atoms in total. The molecule has 18 heavy (non-hydrogen) atoms. The average molecular weight is 245 g/mol. The Labute approximate surface area is 106 Å². The highest BCUT2D eigenvalue weighted by Crippen LogP contribution is 2.22. The van der Waals surface area contributed by atoms with Crippen molar-refractivity contribution in [2.75, 3.05) is 19.5 Å². The van der Waals surface area contributed by atoms with Gasteiger partial charge in [0.15, 0.2) is 5.75 Å². The summed E-state index contributed by atoms with van der Waals surface area (Å²) in [5.41, 5.74) is 1.70. The molecule has 0 aliphatic rings. The Hall–Kier alpha value is -2.30. The van der Waals surface area contributed by atoms with Crippen LogP contribution in [0.15, 0.2) is 36.7 Å². The van der Waals surface area contributed by atoms with Crippen molar-refractivity contribution in [1.29, 1.82) is 0 Å². The second-order valence-electron chi connectivity index (χ2n) is 3.58. The standard InChI is InChI=1S/C13H15N3O2/c1-14-11-6-7-15-8-12(11)18-9-10-4-3-5-13(16-10)17-2/h3-8H,9H2,1-2H3,(H,14,15). The van der Waals surface area contributed by atoms with E-state index in [1.54, 1.807) is 25.6 Å². The number of pyridine rings is 2. The molecule has 0 aliphatic carbocycles. The quantitative estimate of drug-likeness (QED) is 0.874. The van der Waals surface area contributed by atoms with E-state index in [9.17, 15) is 0 Å². The van der Waals surface area contributed by atoms with Gasteiger partial charge in [0, 0.05) is 19.3 Å². The third kappa shape index (κ3) is 2.88. The minimum Gasteiger partial charge on any atom is -0.483 e. The van der Waals surface area contributed by atoms with E-state index in [-0.39, 0.29) is 0 Å². The molecule has 0 unspecified atom stereocenters. The molecular weight excluding hydrogens is 230 g/mol.